The van der Waals surface area contributed by atoms with Gasteiger partial charge in [0.05, 0.1) is 54.6 Å². The maximum Gasteiger partial charge on any atom is 0.176 e. The number of hydrogen-bond donors (Lipinski definition) is 2. The van der Waals surface area contributed by atoms with Gasteiger partial charge in [-0.1, -0.05) is 88.3 Å². The average molecular weight is 949 g/mol. The first-order valence-corrected chi connectivity index (χ1v) is 24.3. The largest absolute Gasteiger partial charge is 0.497 e. The van der Waals surface area contributed by atoms with Crippen molar-refractivity contribution in [2.45, 2.75) is 63.2 Å². The van der Waals surface area contributed by atoms with Crippen LogP contribution in [0, 0.1) is 23.3 Å². The molecule has 12 heteroatoms. The summed E-state index contributed by atoms with van der Waals surface area (Å²) in [5.41, 5.74) is 7.37. The van der Waals surface area contributed by atoms with E-state index in [1.807, 2.05) is 97.1 Å². The van der Waals surface area contributed by atoms with E-state index in [0.717, 1.165) is 65.2 Å². The Kier molecular flexibility index (Phi) is 14.4. The molecule has 2 aliphatic rings. The van der Waals surface area contributed by atoms with Crippen molar-refractivity contribution in [2.24, 2.45) is 0 Å². The number of benzene rings is 4. The summed E-state index contributed by atoms with van der Waals surface area (Å²) in [5, 5.41) is 0. The molecule has 2 N–H and O–H groups in total. The number of aromatic amines is 2. The number of nitrogens with one attached hydrogen (secondary N) is 2. The van der Waals surface area contributed by atoms with Crippen molar-refractivity contribution in [3.05, 3.63) is 143 Å². The fourth-order valence-electron chi connectivity index (χ4n) is 9.02. The Labute approximate surface area is 403 Å². The van der Waals surface area contributed by atoms with Gasteiger partial charge < -0.3 is 24.2 Å². The van der Waals surface area contributed by atoms with Gasteiger partial charge in [-0.2, -0.15) is 0 Å². The quantitative estimate of drug-likeness (QED) is 0.0409. The molecule has 2 aliphatic heterocycles. The first kappa shape index (κ1) is 47.0. The highest BCUT2D eigenvalue weighted by molar-refractivity contribution is 7.99. The van der Waals surface area contributed by atoms with Crippen molar-refractivity contribution in [2.75, 3.05) is 27.1 Å². The molecule has 5 heterocycles. The number of fused-ring (bicyclic) bond motifs is 8. The van der Waals surface area contributed by atoms with Gasteiger partial charge in [0.1, 0.15) is 17.2 Å². The van der Waals surface area contributed by atoms with Crippen LogP contribution in [0.15, 0.2) is 102 Å². The number of hydrogen-bond acceptors (Lipinski definition) is 6. The standard InChI is InChI=1S/C57H52F4N4O3S/c1-5-6-7-8-9-10-11-12-33-69-57-55(60)53(58)52(54(59)56(57)61)51-46-31-29-44(64-46)49(35-15-21-38(67-3)22-16-35)42-27-25-40(62-42)48(34-13-19-37(66-2)20-14-34)41-26-28-43(63-41)50(45-30-32-47(51)65-45)36-17-23-39(68-4)24-18-36/h13-32,62,65H,5-12,33H2,1-4H3. The molecule has 0 amide bonds. The van der Waals surface area contributed by atoms with E-state index in [1.54, 1.807) is 45.6 Å². The minimum Gasteiger partial charge on any atom is -0.497 e. The zero-order chi connectivity index (χ0) is 48.0. The van der Waals surface area contributed by atoms with Crippen LogP contribution >= 0.6 is 11.8 Å². The summed E-state index contributed by atoms with van der Waals surface area (Å²) in [6.07, 6.45) is 15.5. The van der Waals surface area contributed by atoms with Gasteiger partial charge in [0, 0.05) is 44.3 Å². The van der Waals surface area contributed by atoms with Crippen molar-refractivity contribution in [1.82, 2.24) is 19.9 Å². The Hall–Kier alpha value is -7.05. The second kappa shape index (κ2) is 21.1. The molecule has 3 aromatic heterocycles. The monoisotopic (exact) mass is 948 g/mol. The lowest BCUT2D eigenvalue weighted by atomic mass is 10.0. The summed E-state index contributed by atoms with van der Waals surface area (Å²) < 4.78 is 83.1. The van der Waals surface area contributed by atoms with Crippen LogP contribution in [-0.4, -0.2) is 47.0 Å². The fourth-order valence-corrected chi connectivity index (χ4v) is 10.0. The lowest BCUT2D eigenvalue weighted by molar-refractivity contribution is 0.415. The fraction of sp³-hybridized carbons (Fsp3) is 0.228. The van der Waals surface area contributed by atoms with E-state index >= 15 is 17.6 Å². The van der Waals surface area contributed by atoms with Gasteiger partial charge in [0.15, 0.2) is 23.3 Å². The normalized spacial score (nSPS) is 11.9. The number of halogens is 4. The molecule has 0 fully saturated rings. The van der Waals surface area contributed by atoms with Crippen LogP contribution < -0.4 is 14.2 Å². The van der Waals surface area contributed by atoms with E-state index < -0.39 is 33.7 Å². The third kappa shape index (κ3) is 9.68. The number of thioether (sulfide) groups is 1. The van der Waals surface area contributed by atoms with Gasteiger partial charge in [-0.05, 0) is 114 Å². The molecule has 352 valence electrons. The molecule has 0 aliphatic carbocycles. The number of H-pyrrole nitrogens is 2. The number of methoxy groups -OCH3 is 3. The molecule has 0 saturated carbocycles. The summed E-state index contributed by atoms with van der Waals surface area (Å²) in [4.78, 5) is 16.7. The molecule has 0 radical (unpaired) electrons. The molecule has 7 nitrogen and oxygen atoms in total. The van der Waals surface area contributed by atoms with Crippen LogP contribution in [0.2, 0.25) is 0 Å². The minimum absolute atomic E-state index is 0.0874. The van der Waals surface area contributed by atoms with Crippen LogP contribution in [-0.2, 0) is 0 Å². The van der Waals surface area contributed by atoms with Crippen molar-refractivity contribution >= 4 is 58.1 Å². The van der Waals surface area contributed by atoms with Gasteiger partial charge in [-0.25, -0.2) is 27.5 Å². The minimum atomic E-state index is -1.51. The molecule has 8 bridgehead atoms. The first-order chi connectivity index (χ1) is 33.7. The summed E-state index contributed by atoms with van der Waals surface area (Å²) >= 11 is 0.800. The van der Waals surface area contributed by atoms with Crippen molar-refractivity contribution in [1.29, 1.82) is 0 Å². The maximum absolute atomic E-state index is 16.9. The second-order valence-corrected chi connectivity index (χ2v) is 18.1. The van der Waals surface area contributed by atoms with Gasteiger partial charge in [-0.15, -0.1) is 11.8 Å². The van der Waals surface area contributed by atoms with Crippen LogP contribution in [0.25, 0.3) is 90.9 Å². The van der Waals surface area contributed by atoms with E-state index in [4.69, 9.17) is 24.2 Å². The highest BCUT2D eigenvalue weighted by Crippen LogP contribution is 2.43. The predicted molar refractivity (Wildman–Crippen MR) is 273 cm³/mol. The van der Waals surface area contributed by atoms with Crippen LogP contribution in [0.4, 0.5) is 17.6 Å². The van der Waals surface area contributed by atoms with Crippen molar-refractivity contribution in [3.63, 3.8) is 0 Å². The van der Waals surface area contributed by atoms with Crippen molar-refractivity contribution in [3.8, 4) is 61.8 Å². The second-order valence-electron chi connectivity index (χ2n) is 17.0. The van der Waals surface area contributed by atoms with Crippen LogP contribution in [0.1, 0.15) is 81.1 Å². The van der Waals surface area contributed by atoms with Gasteiger partial charge >= 0.3 is 0 Å². The highest BCUT2D eigenvalue weighted by atomic mass is 32.2. The topological polar surface area (TPSA) is 85.1 Å². The summed E-state index contributed by atoms with van der Waals surface area (Å²) in [6, 6.07) is 30.0. The Bertz CT molecular complexity index is 3160. The molecule has 9 rings (SSSR count). The third-order valence-corrected chi connectivity index (χ3v) is 13.7. The first-order valence-electron chi connectivity index (χ1n) is 23.3. The van der Waals surface area contributed by atoms with E-state index in [1.165, 1.54) is 19.3 Å². The van der Waals surface area contributed by atoms with Crippen LogP contribution in [0.3, 0.4) is 0 Å². The SMILES string of the molecule is CCCCCCCCCCSc1c(F)c(F)c(-c2c3nc(c(-c4ccc(OC)cc4)c4ccc([nH]4)c(-c4ccc(OC)cc4)c4nc(c(-c5ccc(OC)cc5)c5ccc2[nH]5)C=C4)C=C3)c(F)c1F. The van der Waals surface area contributed by atoms with E-state index in [9.17, 15) is 0 Å². The Morgan fingerprint density at radius 3 is 1.10 bits per heavy atom. The molecular formula is C57H52F4N4O3S. The zero-order valence-electron chi connectivity index (χ0n) is 39.0. The van der Waals surface area contributed by atoms with Crippen LogP contribution in [0.5, 0.6) is 17.2 Å². The molecule has 7 aromatic rings. The predicted octanol–water partition coefficient (Wildman–Crippen LogP) is 16.1. The third-order valence-electron chi connectivity index (χ3n) is 12.6. The molecule has 0 atom stereocenters. The lowest BCUT2D eigenvalue weighted by Crippen LogP contribution is -2.04. The molecule has 0 spiro atoms. The van der Waals surface area contributed by atoms with E-state index in [0.29, 0.717) is 68.7 Å². The molecule has 4 aromatic carbocycles. The Morgan fingerprint density at radius 2 is 0.739 bits per heavy atom. The Morgan fingerprint density at radius 1 is 0.406 bits per heavy atom. The molecular weight excluding hydrogens is 897 g/mol. The van der Waals surface area contributed by atoms with Gasteiger partial charge in [0.25, 0.3) is 0 Å². The Balaban J connectivity index is 1.31. The average Bonchev–Trinajstić information content (AvgIpc) is 4.24. The van der Waals surface area contributed by atoms with Crippen molar-refractivity contribution < 1.29 is 31.8 Å². The number of nitrogens with zero attached hydrogens (tertiary/aromatic N) is 2. The lowest BCUT2D eigenvalue weighted by Gasteiger charge is -2.13. The maximum atomic E-state index is 16.9. The molecule has 69 heavy (non-hydrogen) atoms. The zero-order valence-corrected chi connectivity index (χ0v) is 39.8. The van der Waals surface area contributed by atoms with E-state index in [-0.39, 0.29) is 16.8 Å². The smallest absolute Gasteiger partial charge is 0.176 e. The number of aromatic nitrogens is 4. The highest BCUT2D eigenvalue weighted by Gasteiger charge is 2.30. The number of ether oxygens (including phenoxy) is 3. The number of unbranched alkanes of at least 4 members (excludes halogenated alkanes) is 7. The van der Waals surface area contributed by atoms with E-state index in [2.05, 4.69) is 16.9 Å². The summed E-state index contributed by atoms with van der Waals surface area (Å²) in [7, 11) is 4.80. The van der Waals surface area contributed by atoms with Gasteiger partial charge in [0.2, 0.25) is 0 Å². The molecule has 0 unspecified atom stereocenters. The summed E-state index contributed by atoms with van der Waals surface area (Å²) in [6.45, 7) is 2.17. The van der Waals surface area contributed by atoms with Gasteiger partial charge in [-0.3, -0.25) is 0 Å². The molecule has 0 saturated heterocycles. The number of rotatable bonds is 17. The summed E-state index contributed by atoms with van der Waals surface area (Å²) in [5.74, 6) is -3.60.